The minimum atomic E-state index is -0.852. The Kier molecular flexibility index (Phi) is 6.14. The van der Waals surface area contributed by atoms with Crippen LogP contribution in [0.4, 0.5) is 0 Å². The highest BCUT2D eigenvalue weighted by molar-refractivity contribution is 8.00. The summed E-state index contributed by atoms with van der Waals surface area (Å²) >= 11 is 1.33. The molecule has 4 N–H and O–H groups in total. The Morgan fingerprint density at radius 3 is 1.92 bits per heavy atom. The van der Waals surface area contributed by atoms with E-state index in [2.05, 4.69) is 0 Å². The van der Waals surface area contributed by atoms with Crippen LogP contribution in [0.15, 0.2) is 48.5 Å². The van der Waals surface area contributed by atoms with E-state index in [-0.39, 0.29) is 23.8 Å². The number of amidine groups is 1. The van der Waals surface area contributed by atoms with Crippen molar-refractivity contribution in [2.45, 2.75) is 6.42 Å². The lowest BCUT2D eigenvalue weighted by atomic mass is 10.0. The van der Waals surface area contributed by atoms with E-state index in [0.717, 1.165) is 11.1 Å². The molecular weight excluding hydrogens is 324 g/mol. The molecule has 2 aromatic rings. The zero-order chi connectivity index (χ0) is 17.5. The van der Waals surface area contributed by atoms with Gasteiger partial charge in [-0.25, -0.2) is 0 Å². The van der Waals surface area contributed by atoms with Gasteiger partial charge in [-0.2, -0.15) is 11.8 Å². The van der Waals surface area contributed by atoms with Gasteiger partial charge in [-0.15, -0.1) is 0 Å². The van der Waals surface area contributed by atoms with Crippen LogP contribution < -0.4 is 5.73 Å². The minimum absolute atomic E-state index is 0.0103. The van der Waals surface area contributed by atoms with Crippen LogP contribution in [0.1, 0.15) is 22.3 Å². The fourth-order valence-electron chi connectivity index (χ4n) is 2.10. The number of hydrogen-bond acceptors (Lipinski definition) is 4. The second-order valence-electron chi connectivity index (χ2n) is 5.19. The summed E-state index contributed by atoms with van der Waals surface area (Å²) in [5, 5.41) is 15.9. The molecule has 0 atom stereocenters. The molecule has 0 fully saturated rings. The number of aliphatic carboxylic acids is 1. The first-order valence-electron chi connectivity index (χ1n) is 7.35. The van der Waals surface area contributed by atoms with Crippen molar-refractivity contribution in [2.75, 3.05) is 11.5 Å². The highest BCUT2D eigenvalue weighted by atomic mass is 32.2. The van der Waals surface area contributed by atoms with Gasteiger partial charge in [0.2, 0.25) is 0 Å². The number of nitrogens with two attached hydrogens (primary N) is 1. The molecular formula is C18H18N2O3S. The van der Waals surface area contributed by atoms with Crippen LogP contribution in [0.3, 0.4) is 0 Å². The van der Waals surface area contributed by atoms with E-state index < -0.39 is 5.97 Å². The summed E-state index contributed by atoms with van der Waals surface area (Å²) in [6.45, 7) is 0. The number of benzene rings is 2. The average Bonchev–Trinajstić information content (AvgIpc) is 2.58. The minimum Gasteiger partial charge on any atom is -0.481 e. The molecule has 2 rings (SSSR count). The van der Waals surface area contributed by atoms with Crippen molar-refractivity contribution in [1.29, 1.82) is 5.41 Å². The zero-order valence-corrected chi connectivity index (χ0v) is 13.8. The molecule has 0 saturated heterocycles. The van der Waals surface area contributed by atoms with Crippen LogP contribution in [-0.4, -0.2) is 34.2 Å². The van der Waals surface area contributed by atoms with Crippen molar-refractivity contribution in [1.82, 2.24) is 0 Å². The van der Waals surface area contributed by atoms with Crippen LogP contribution in [-0.2, 0) is 4.79 Å². The lowest BCUT2D eigenvalue weighted by Crippen LogP contribution is -2.10. The maximum Gasteiger partial charge on any atom is 0.304 e. The molecule has 0 saturated carbocycles. The topological polar surface area (TPSA) is 104 Å². The van der Waals surface area contributed by atoms with E-state index >= 15 is 0 Å². The van der Waals surface area contributed by atoms with Crippen LogP contribution in [0.2, 0.25) is 0 Å². The van der Waals surface area contributed by atoms with Gasteiger partial charge in [-0.1, -0.05) is 48.5 Å². The fraction of sp³-hybridized carbons (Fsp3) is 0.167. The van der Waals surface area contributed by atoms with Crippen molar-refractivity contribution in [2.24, 2.45) is 5.73 Å². The summed E-state index contributed by atoms with van der Waals surface area (Å²) in [5.41, 5.74) is 8.67. The molecule has 0 amide bonds. The Morgan fingerprint density at radius 1 is 0.958 bits per heavy atom. The maximum atomic E-state index is 12.1. The lowest BCUT2D eigenvalue weighted by molar-refractivity contribution is -0.136. The summed E-state index contributed by atoms with van der Waals surface area (Å²) < 4.78 is 0. The molecule has 2 aromatic carbocycles. The number of carboxylic acids is 1. The fourth-order valence-corrected chi connectivity index (χ4v) is 2.91. The molecule has 24 heavy (non-hydrogen) atoms. The number of Topliss-reactive ketones (excluding diaryl/α,β-unsaturated/α-hetero) is 1. The third kappa shape index (κ3) is 4.96. The molecule has 0 bridgehead atoms. The quantitative estimate of drug-likeness (QED) is 0.296. The number of ketones is 1. The molecule has 0 unspecified atom stereocenters. The SMILES string of the molecule is N=C(N)c1ccc(-c2ccc(C(=O)CSCCC(=O)O)cc2)cc1. The third-order valence-electron chi connectivity index (χ3n) is 3.43. The summed E-state index contributed by atoms with van der Waals surface area (Å²) in [7, 11) is 0. The highest BCUT2D eigenvalue weighted by Gasteiger charge is 2.07. The monoisotopic (exact) mass is 342 g/mol. The van der Waals surface area contributed by atoms with E-state index in [0.29, 0.717) is 16.9 Å². The molecule has 0 aliphatic carbocycles. The Balaban J connectivity index is 1.98. The maximum absolute atomic E-state index is 12.1. The van der Waals surface area contributed by atoms with Crippen molar-refractivity contribution >= 4 is 29.4 Å². The van der Waals surface area contributed by atoms with Gasteiger partial charge in [0.15, 0.2) is 5.78 Å². The number of nitrogen functional groups attached to an aromatic ring is 1. The van der Waals surface area contributed by atoms with E-state index in [1.54, 1.807) is 24.3 Å². The standard InChI is InChI=1S/C18H18N2O3S/c19-18(20)15-7-3-13(4-8-15)12-1-5-14(6-2-12)16(21)11-24-10-9-17(22)23/h1-8H,9-11H2,(H3,19,20)(H,22,23). The van der Waals surface area contributed by atoms with Gasteiger partial charge >= 0.3 is 5.97 Å². The molecule has 0 aliphatic rings. The molecule has 0 radical (unpaired) electrons. The van der Waals surface area contributed by atoms with E-state index in [1.165, 1.54) is 11.8 Å². The van der Waals surface area contributed by atoms with Gasteiger partial charge in [0.1, 0.15) is 5.84 Å². The first kappa shape index (κ1) is 17.7. The molecule has 5 nitrogen and oxygen atoms in total. The number of thioether (sulfide) groups is 1. The summed E-state index contributed by atoms with van der Waals surface area (Å²) in [5.74, 6) is -0.122. The predicted molar refractivity (Wildman–Crippen MR) is 96.8 cm³/mol. The van der Waals surface area contributed by atoms with Crippen molar-refractivity contribution in [3.05, 3.63) is 59.7 Å². The van der Waals surface area contributed by atoms with Crippen LogP contribution in [0.25, 0.3) is 11.1 Å². The average molecular weight is 342 g/mol. The van der Waals surface area contributed by atoms with E-state index in [9.17, 15) is 9.59 Å². The number of carbonyl (C=O) groups is 2. The number of carbonyl (C=O) groups excluding carboxylic acids is 1. The molecule has 6 heteroatoms. The Hall–Kier alpha value is -2.60. The Labute approximate surface area is 144 Å². The molecule has 0 aromatic heterocycles. The number of rotatable bonds is 8. The van der Waals surface area contributed by atoms with Gasteiger partial charge in [0.05, 0.1) is 12.2 Å². The van der Waals surface area contributed by atoms with Crippen molar-refractivity contribution in [3.63, 3.8) is 0 Å². The summed E-state index contributed by atoms with van der Waals surface area (Å²) in [4.78, 5) is 22.5. The van der Waals surface area contributed by atoms with Crippen LogP contribution in [0, 0.1) is 5.41 Å². The Bertz CT molecular complexity index is 740. The summed E-state index contributed by atoms with van der Waals surface area (Å²) in [6.07, 6.45) is 0.0626. The zero-order valence-electron chi connectivity index (χ0n) is 13.0. The normalized spacial score (nSPS) is 10.3. The van der Waals surface area contributed by atoms with Crippen molar-refractivity contribution < 1.29 is 14.7 Å². The number of carboxylic acid groups (broad SMARTS) is 1. The number of nitrogens with one attached hydrogen (secondary N) is 1. The Morgan fingerprint density at radius 2 is 1.46 bits per heavy atom. The largest absolute Gasteiger partial charge is 0.481 e. The smallest absolute Gasteiger partial charge is 0.304 e. The van der Waals surface area contributed by atoms with Crippen LogP contribution >= 0.6 is 11.8 Å². The van der Waals surface area contributed by atoms with Gasteiger partial charge in [0, 0.05) is 16.9 Å². The van der Waals surface area contributed by atoms with Crippen LogP contribution in [0.5, 0.6) is 0 Å². The molecule has 124 valence electrons. The lowest BCUT2D eigenvalue weighted by Gasteiger charge is -2.05. The first-order valence-corrected chi connectivity index (χ1v) is 8.50. The predicted octanol–water partition coefficient (Wildman–Crippen LogP) is 3.03. The van der Waals surface area contributed by atoms with E-state index in [1.807, 2.05) is 24.3 Å². The second kappa shape index (κ2) is 8.31. The third-order valence-corrected chi connectivity index (χ3v) is 4.39. The van der Waals surface area contributed by atoms with Gasteiger partial charge in [0.25, 0.3) is 0 Å². The van der Waals surface area contributed by atoms with Crippen molar-refractivity contribution in [3.8, 4) is 11.1 Å². The molecule has 0 heterocycles. The van der Waals surface area contributed by atoms with Gasteiger partial charge < -0.3 is 10.8 Å². The molecule has 0 spiro atoms. The summed E-state index contributed by atoms with van der Waals surface area (Å²) in [6, 6.07) is 14.6. The molecule has 0 aliphatic heterocycles. The first-order chi connectivity index (χ1) is 11.5. The highest BCUT2D eigenvalue weighted by Crippen LogP contribution is 2.21. The second-order valence-corrected chi connectivity index (χ2v) is 6.29. The number of hydrogen-bond donors (Lipinski definition) is 3. The van der Waals surface area contributed by atoms with Gasteiger partial charge in [-0.05, 0) is 11.1 Å². The van der Waals surface area contributed by atoms with E-state index in [4.69, 9.17) is 16.2 Å². The van der Waals surface area contributed by atoms with Gasteiger partial charge in [-0.3, -0.25) is 15.0 Å².